The van der Waals surface area contributed by atoms with E-state index in [4.69, 9.17) is 11.6 Å². The molecule has 0 bridgehead atoms. The first kappa shape index (κ1) is 17.4. The van der Waals surface area contributed by atoms with Gasteiger partial charge in [-0.25, -0.2) is 9.97 Å². The van der Waals surface area contributed by atoms with Crippen LogP contribution in [0.1, 0.15) is 13.3 Å². The number of fused-ring (bicyclic) bond motifs is 1. The maximum Gasteiger partial charge on any atom is 0.141 e. The van der Waals surface area contributed by atoms with Crippen molar-refractivity contribution < 1.29 is 4.55 Å². The lowest BCUT2D eigenvalue weighted by Gasteiger charge is -2.48. The summed E-state index contributed by atoms with van der Waals surface area (Å²) in [4.78, 5) is 11.7. The highest BCUT2D eigenvalue weighted by molar-refractivity contribution is 7.89. The van der Waals surface area contributed by atoms with E-state index in [9.17, 15) is 9.81 Å². The zero-order valence-electron chi connectivity index (χ0n) is 14.1. The van der Waals surface area contributed by atoms with Crippen LogP contribution >= 0.6 is 11.6 Å². The van der Waals surface area contributed by atoms with Gasteiger partial charge in [0.2, 0.25) is 0 Å². The molecule has 4 rings (SSSR count). The van der Waals surface area contributed by atoms with Crippen LogP contribution in [0.2, 0.25) is 5.15 Å². The third-order valence-electron chi connectivity index (χ3n) is 4.80. The summed E-state index contributed by atoms with van der Waals surface area (Å²) < 4.78 is 15.8. The van der Waals surface area contributed by atoms with E-state index in [2.05, 4.69) is 21.0 Å². The van der Waals surface area contributed by atoms with Crippen LogP contribution in [0.25, 0.3) is 22.3 Å². The van der Waals surface area contributed by atoms with Gasteiger partial charge in [0.1, 0.15) is 22.9 Å². The molecule has 0 aliphatic carbocycles. The van der Waals surface area contributed by atoms with E-state index in [1.807, 2.05) is 40.3 Å². The van der Waals surface area contributed by atoms with Crippen molar-refractivity contribution in [1.82, 2.24) is 23.8 Å². The van der Waals surface area contributed by atoms with Gasteiger partial charge < -0.3 is 14.1 Å². The van der Waals surface area contributed by atoms with E-state index >= 15 is 0 Å². The van der Waals surface area contributed by atoms with Crippen LogP contribution in [0.5, 0.6) is 0 Å². The summed E-state index contributed by atoms with van der Waals surface area (Å²) in [5.41, 5.74) is 1.96. The topological polar surface area (TPSA) is 96.6 Å². The third-order valence-corrected chi connectivity index (χ3v) is 6.42. The van der Waals surface area contributed by atoms with Crippen molar-refractivity contribution in [3.8, 4) is 17.3 Å². The van der Waals surface area contributed by atoms with Crippen LogP contribution in [0.3, 0.4) is 0 Å². The number of nitriles is 1. The molecule has 0 aromatic carbocycles. The molecule has 4 heterocycles. The molecule has 1 N–H and O–H groups in total. The summed E-state index contributed by atoms with van der Waals surface area (Å²) in [6.07, 6.45) is 5.57. The maximum absolute atomic E-state index is 12.0. The first-order chi connectivity index (χ1) is 12.6. The molecular weight excluding hydrogens is 372 g/mol. The largest absolute Gasteiger partial charge is 0.598 e. The van der Waals surface area contributed by atoms with E-state index in [1.54, 1.807) is 0 Å². The van der Waals surface area contributed by atoms with Gasteiger partial charge >= 0.3 is 0 Å². The number of aromatic nitrogens is 4. The van der Waals surface area contributed by atoms with Gasteiger partial charge in [-0.05, 0) is 19.1 Å². The maximum atomic E-state index is 12.0. The van der Waals surface area contributed by atoms with Crippen LogP contribution in [-0.4, -0.2) is 47.2 Å². The van der Waals surface area contributed by atoms with Crippen LogP contribution in [0.15, 0.2) is 30.9 Å². The van der Waals surface area contributed by atoms with Gasteiger partial charge in [0.25, 0.3) is 0 Å². The second-order valence-corrected chi connectivity index (χ2v) is 8.48. The van der Waals surface area contributed by atoms with Crippen LogP contribution < -0.4 is 0 Å². The van der Waals surface area contributed by atoms with Crippen molar-refractivity contribution in [3.05, 3.63) is 36.0 Å². The summed E-state index contributed by atoms with van der Waals surface area (Å²) in [6.45, 7) is 2.97. The minimum Gasteiger partial charge on any atom is -0.598 e. The Hall–Kier alpha value is -2.05. The predicted molar refractivity (Wildman–Crippen MR) is 101 cm³/mol. The lowest BCUT2D eigenvalue weighted by molar-refractivity contribution is 0.0854. The van der Waals surface area contributed by atoms with E-state index in [0.717, 1.165) is 22.3 Å². The fourth-order valence-electron chi connectivity index (χ4n) is 3.46. The predicted octanol–water partition coefficient (Wildman–Crippen LogP) is 2.69. The van der Waals surface area contributed by atoms with Gasteiger partial charge in [-0.15, -0.1) is 4.31 Å². The van der Waals surface area contributed by atoms with Crippen molar-refractivity contribution in [2.45, 2.75) is 18.9 Å². The molecule has 26 heavy (non-hydrogen) atoms. The van der Waals surface area contributed by atoms with Crippen molar-refractivity contribution in [2.24, 2.45) is 0 Å². The summed E-state index contributed by atoms with van der Waals surface area (Å²) in [6, 6.07) is 6.04. The normalized spacial score (nSPS) is 17.8. The van der Waals surface area contributed by atoms with Crippen molar-refractivity contribution in [2.75, 3.05) is 18.8 Å². The van der Waals surface area contributed by atoms with E-state index < -0.39 is 16.9 Å². The average Bonchev–Trinajstić information content (AvgIpc) is 3.23. The first-order valence-corrected chi connectivity index (χ1v) is 9.90. The Kier molecular flexibility index (Phi) is 4.40. The number of hydrogen-bond donors (Lipinski definition) is 1. The molecule has 3 aromatic heterocycles. The molecule has 1 fully saturated rings. The van der Waals surface area contributed by atoms with Crippen molar-refractivity contribution >= 4 is 34.0 Å². The Bertz CT molecular complexity index is 987. The minimum atomic E-state index is -1.02. The molecule has 0 amide bonds. The van der Waals surface area contributed by atoms with Crippen LogP contribution in [0, 0.1) is 11.3 Å². The second-order valence-electron chi connectivity index (χ2n) is 6.35. The zero-order chi connectivity index (χ0) is 18.3. The molecule has 0 spiro atoms. The lowest BCUT2D eigenvalue weighted by Crippen LogP contribution is -2.64. The fourth-order valence-corrected chi connectivity index (χ4v) is 4.94. The number of rotatable bonds is 5. The van der Waals surface area contributed by atoms with Crippen molar-refractivity contribution in [3.63, 3.8) is 0 Å². The minimum absolute atomic E-state index is 0.307. The highest BCUT2D eigenvalue weighted by Gasteiger charge is 2.50. The molecule has 1 atom stereocenters. The molecule has 9 heteroatoms. The Morgan fingerprint density at radius 3 is 3.00 bits per heavy atom. The molecule has 134 valence electrons. The highest BCUT2D eigenvalue weighted by atomic mass is 35.5. The van der Waals surface area contributed by atoms with Crippen LogP contribution in [-0.2, 0) is 16.9 Å². The molecular formula is C17H17ClN6OS. The molecule has 1 saturated heterocycles. The Balaban J connectivity index is 1.72. The Labute approximate surface area is 158 Å². The highest BCUT2D eigenvalue weighted by Crippen LogP contribution is 2.39. The van der Waals surface area contributed by atoms with Gasteiger partial charge in [-0.1, -0.05) is 11.6 Å². The van der Waals surface area contributed by atoms with Gasteiger partial charge in [-0.2, -0.15) is 5.26 Å². The van der Waals surface area contributed by atoms with E-state index in [1.165, 1.54) is 6.33 Å². The smallest absolute Gasteiger partial charge is 0.141 e. The SMILES string of the molecule is CC[S+]([O-])N1CC(CC#N)(n2cc(-c3ncnc4[nH]ccc34)cc2Cl)C1. The number of nitrogens with one attached hydrogen (secondary N) is 1. The van der Waals surface area contributed by atoms with Gasteiger partial charge in [-0.3, -0.25) is 0 Å². The van der Waals surface area contributed by atoms with Crippen LogP contribution in [0.4, 0.5) is 0 Å². The number of hydrogen-bond acceptors (Lipinski definition) is 5. The third kappa shape index (κ3) is 2.68. The van der Waals surface area contributed by atoms with Gasteiger partial charge in [0, 0.05) is 34.7 Å². The average molecular weight is 389 g/mol. The number of nitrogens with zero attached hydrogens (tertiary/aromatic N) is 5. The molecule has 1 unspecified atom stereocenters. The molecule has 0 saturated carbocycles. The fraction of sp³-hybridized carbons (Fsp3) is 0.353. The number of aromatic amines is 1. The number of halogens is 1. The molecule has 1 aliphatic rings. The Morgan fingerprint density at radius 1 is 1.46 bits per heavy atom. The van der Waals surface area contributed by atoms with E-state index in [0.29, 0.717) is 30.4 Å². The van der Waals surface area contributed by atoms with Crippen molar-refractivity contribution in [1.29, 1.82) is 5.26 Å². The summed E-state index contributed by atoms with van der Waals surface area (Å²) in [5.74, 6) is 0.569. The number of H-pyrrole nitrogens is 1. The summed E-state index contributed by atoms with van der Waals surface area (Å²) in [5, 5.41) is 10.8. The summed E-state index contributed by atoms with van der Waals surface area (Å²) in [7, 11) is 0. The second kappa shape index (κ2) is 6.59. The zero-order valence-corrected chi connectivity index (χ0v) is 15.7. The quantitative estimate of drug-likeness (QED) is 0.678. The monoisotopic (exact) mass is 388 g/mol. The first-order valence-electron chi connectivity index (χ1n) is 8.25. The van der Waals surface area contributed by atoms with Gasteiger partial charge in [0.15, 0.2) is 0 Å². The lowest BCUT2D eigenvalue weighted by atomic mass is 9.89. The van der Waals surface area contributed by atoms with Gasteiger partial charge in [0.05, 0.1) is 36.8 Å². The summed E-state index contributed by atoms with van der Waals surface area (Å²) >= 11 is 5.51. The standard InChI is InChI=1S/C17H17ClN6OS/c1-2-26(25)23-9-17(10-23,4-5-19)24-8-12(7-14(24)18)15-13-3-6-20-16(13)22-11-21-15/h3,6-8,11H,2,4,9-10H2,1H3,(H,20,21,22). The molecule has 0 radical (unpaired) electrons. The molecule has 7 nitrogen and oxygen atoms in total. The molecule has 1 aliphatic heterocycles. The van der Waals surface area contributed by atoms with E-state index in [-0.39, 0.29) is 0 Å². The molecule has 3 aromatic rings. The Morgan fingerprint density at radius 2 is 2.27 bits per heavy atom.